The van der Waals surface area contributed by atoms with Gasteiger partial charge in [-0.15, -0.1) is 0 Å². The predicted molar refractivity (Wildman–Crippen MR) is 81.0 cm³/mol. The maximum Gasteiger partial charge on any atom is 0.152 e. The lowest BCUT2D eigenvalue weighted by Crippen LogP contribution is -2.44. The van der Waals surface area contributed by atoms with Crippen LogP contribution in [0.25, 0.3) is 0 Å². The smallest absolute Gasteiger partial charge is 0.152 e. The van der Waals surface area contributed by atoms with E-state index in [0.29, 0.717) is 6.42 Å². The van der Waals surface area contributed by atoms with Crippen molar-refractivity contribution in [3.8, 4) is 5.75 Å². The van der Waals surface area contributed by atoms with Gasteiger partial charge in [0.15, 0.2) is 9.84 Å². The van der Waals surface area contributed by atoms with Crippen LogP contribution in [0.5, 0.6) is 5.75 Å². The van der Waals surface area contributed by atoms with Crippen molar-refractivity contribution in [1.29, 1.82) is 0 Å². The number of hydrogen-bond acceptors (Lipinski definition) is 4. The minimum atomic E-state index is -2.90. The Morgan fingerprint density at radius 3 is 2.65 bits per heavy atom. The van der Waals surface area contributed by atoms with Gasteiger partial charge >= 0.3 is 0 Å². The van der Waals surface area contributed by atoms with Gasteiger partial charge in [0.1, 0.15) is 5.75 Å². The summed E-state index contributed by atoms with van der Waals surface area (Å²) >= 11 is 0. The largest absolute Gasteiger partial charge is 0.496 e. The third kappa shape index (κ3) is 3.33. The number of ether oxygens (including phenoxy) is 1. The molecule has 0 radical (unpaired) electrons. The molecule has 0 amide bonds. The van der Waals surface area contributed by atoms with Crippen LogP contribution < -0.4 is 10.1 Å². The van der Waals surface area contributed by atoms with E-state index in [0.717, 1.165) is 16.9 Å². The van der Waals surface area contributed by atoms with Crippen LogP contribution in [-0.4, -0.2) is 32.6 Å². The molecule has 1 aromatic rings. The monoisotopic (exact) mass is 297 g/mol. The van der Waals surface area contributed by atoms with Gasteiger partial charge in [-0.3, -0.25) is 0 Å². The highest BCUT2D eigenvalue weighted by Crippen LogP contribution is 2.30. The lowest BCUT2D eigenvalue weighted by Gasteiger charge is -2.29. The van der Waals surface area contributed by atoms with E-state index in [1.807, 2.05) is 39.0 Å². The molecule has 5 heteroatoms. The Balaban J connectivity index is 2.19. The van der Waals surface area contributed by atoms with E-state index in [2.05, 4.69) is 5.32 Å². The van der Waals surface area contributed by atoms with Gasteiger partial charge in [-0.05, 0) is 38.8 Å². The topological polar surface area (TPSA) is 55.4 Å². The normalized spacial score (nSPS) is 26.4. The van der Waals surface area contributed by atoms with Crippen LogP contribution in [0.2, 0.25) is 0 Å². The molecule has 1 fully saturated rings. The second kappa shape index (κ2) is 5.37. The van der Waals surface area contributed by atoms with Crippen molar-refractivity contribution in [2.45, 2.75) is 38.8 Å². The predicted octanol–water partition coefficient (Wildman–Crippen LogP) is 2.23. The highest BCUT2D eigenvalue weighted by atomic mass is 32.2. The SMILES string of the molecule is COc1cc(C)ccc1C(C)NC1(C)CCS(=O)(=O)C1. The molecule has 1 aromatic carbocycles. The van der Waals surface area contributed by atoms with E-state index in [-0.39, 0.29) is 23.1 Å². The summed E-state index contributed by atoms with van der Waals surface area (Å²) in [4.78, 5) is 0. The Hall–Kier alpha value is -1.07. The first-order valence-electron chi connectivity index (χ1n) is 6.87. The van der Waals surface area contributed by atoms with Crippen LogP contribution in [0.1, 0.15) is 37.4 Å². The molecule has 0 aromatic heterocycles. The summed E-state index contributed by atoms with van der Waals surface area (Å²) in [6.07, 6.45) is 0.661. The fraction of sp³-hybridized carbons (Fsp3) is 0.600. The highest BCUT2D eigenvalue weighted by Gasteiger charge is 2.39. The number of sulfone groups is 1. The number of benzene rings is 1. The zero-order chi connectivity index (χ0) is 15.0. The van der Waals surface area contributed by atoms with Crippen molar-refractivity contribution in [3.63, 3.8) is 0 Å². The number of aryl methyl sites for hydroxylation is 1. The summed E-state index contributed by atoms with van der Waals surface area (Å²) < 4.78 is 28.8. The zero-order valence-electron chi connectivity index (χ0n) is 12.6. The minimum absolute atomic E-state index is 0.0452. The molecule has 0 spiro atoms. The van der Waals surface area contributed by atoms with Crippen LogP contribution in [0.4, 0.5) is 0 Å². The maximum absolute atomic E-state index is 11.7. The number of nitrogens with one attached hydrogen (secondary N) is 1. The van der Waals surface area contributed by atoms with Crippen LogP contribution in [0, 0.1) is 6.92 Å². The molecule has 1 aliphatic rings. The van der Waals surface area contributed by atoms with Gasteiger partial charge in [-0.1, -0.05) is 12.1 Å². The molecule has 1 aliphatic heterocycles. The lowest BCUT2D eigenvalue weighted by atomic mass is 9.97. The van der Waals surface area contributed by atoms with E-state index in [1.54, 1.807) is 7.11 Å². The standard InChI is InChI=1S/C15H23NO3S/c1-11-5-6-13(14(9-11)19-4)12(2)16-15(3)7-8-20(17,18)10-15/h5-6,9,12,16H,7-8,10H2,1-4H3. The molecule has 2 rings (SSSR count). The molecule has 2 atom stereocenters. The molecular weight excluding hydrogens is 274 g/mol. The molecule has 1 N–H and O–H groups in total. The molecule has 0 saturated carbocycles. The van der Waals surface area contributed by atoms with Crippen molar-refractivity contribution >= 4 is 9.84 Å². The van der Waals surface area contributed by atoms with Crippen LogP contribution >= 0.6 is 0 Å². The molecular formula is C15H23NO3S. The van der Waals surface area contributed by atoms with Gasteiger partial charge in [-0.25, -0.2) is 8.42 Å². The third-order valence-electron chi connectivity index (χ3n) is 3.92. The Morgan fingerprint density at radius 1 is 1.40 bits per heavy atom. The summed E-state index contributed by atoms with van der Waals surface area (Å²) in [7, 11) is -1.24. The van der Waals surface area contributed by atoms with Crippen molar-refractivity contribution in [3.05, 3.63) is 29.3 Å². The highest BCUT2D eigenvalue weighted by molar-refractivity contribution is 7.91. The summed E-state index contributed by atoms with van der Waals surface area (Å²) in [5.74, 6) is 1.32. The molecule has 20 heavy (non-hydrogen) atoms. The second-order valence-electron chi connectivity index (χ2n) is 6.01. The fourth-order valence-electron chi connectivity index (χ4n) is 2.90. The van der Waals surface area contributed by atoms with Gasteiger partial charge in [0, 0.05) is 17.1 Å². The van der Waals surface area contributed by atoms with Gasteiger partial charge in [-0.2, -0.15) is 0 Å². The van der Waals surface area contributed by atoms with E-state index in [4.69, 9.17) is 4.74 Å². The first kappa shape index (κ1) is 15.3. The molecule has 2 unspecified atom stereocenters. The Labute approximate surface area is 121 Å². The third-order valence-corrected chi connectivity index (χ3v) is 5.83. The number of hydrogen-bond donors (Lipinski definition) is 1. The number of methoxy groups -OCH3 is 1. The van der Waals surface area contributed by atoms with Crippen molar-refractivity contribution in [1.82, 2.24) is 5.32 Å². The van der Waals surface area contributed by atoms with Crippen molar-refractivity contribution < 1.29 is 13.2 Å². The van der Waals surface area contributed by atoms with E-state index >= 15 is 0 Å². The Kier molecular flexibility index (Phi) is 4.12. The zero-order valence-corrected chi connectivity index (χ0v) is 13.4. The van der Waals surface area contributed by atoms with Crippen LogP contribution in [0.15, 0.2) is 18.2 Å². The molecule has 1 saturated heterocycles. The van der Waals surface area contributed by atoms with Gasteiger partial charge in [0.05, 0.1) is 18.6 Å². The molecule has 4 nitrogen and oxygen atoms in total. The van der Waals surface area contributed by atoms with E-state index < -0.39 is 9.84 Å². The average Bonchev–Trinajstić information content (AvgIpc) is 2.62. The fourth-order valence-corrected chi connectivity index (χ4v) is 5.01. The van der Waals surface area contributed by atoms with Gasteiger partial charge in [0.25, 0.3) is 0 Å². The van der Waals surface area contributed by atoms with Crippen molar-refractivity contribution in [2.24, 2.45) is 0 Å². The van der Waals surface area contributed by atoms with E-state index in [1.165, 1.54) is 0 Å². The molecule has 0 bridgehead atoms. The van der Waals surface area contributed by atoms with Crippen LogP contribution in [-0.2, 0) is 9.84 Å². The minimum Gasteiger partial charge on any atom is -0.496 e. The molecule has 112 valence electrons. The summed E-state index contributed by atoms with van der Waals surface area (Å²) in [6, 6.07) is 6.13. The van der Waals surface area contributed by atoms with Crippen LogP contribution in [0.3, 0.4) is 0 Å². The van der Waals surface area contributed by atoms with E-state index in [9.17, 15) is 8.42 Å². The van der Waals surface area contributed by atoms with Crippen molar-refractivity contribution in [2.75, 3.05) is 18.6 Å². The molecule has 0 aliphatic carbocycles. The average molecular weight is 297 g/mol. The molecule has 1 heterocycles. The first-order chi connectivity index (χ1) is 9.25. The first-order valence-corrected chi connectivity index (χ1v) is 8.69. The Morgan fingerprint density at radius 2 is 2.10 bits per heavy atom. The van der Waals surface area contributed by atoms with Gasteiger partial charge in [0.2, 0.25) is 0 Å². The Bertz CT molecular complexity index is 597. The van der Waals surface area contributed by atoms with Gasteiger partial charge < -0.3 is 10.1 Å². The maximum atomic E-state index is 11.7. The summed E-state index contributed by atoms with van der Waals surface area (Å²) in [5, 5.41) is 3.46. The quantitative estimate of drug-likeness (QED) is 0.926. The lowest BCUT2D eigenvalue weighted by molar-refractivity contribution is 0.343. The number of rotatable bonds is 4. The summed E-state index contributed by atoms with van der Waals surface area (Å²) in [5.41, 5.74) is 1.85. The second-order valence-corrected chi connectivity index (χ2v) is 8.20. The summed E-state index contributed by atoms with van der Waals surface area (Å²) in [6.45, 7) is 6.05.